The molecular formula is C21H20N2O5. The van der Waals surface area contributed by atoms with Crippen molar-refractivity contribution >= 4 is 28.3 Å². The molecule has 0 spiro atoms. The van der Waals surface area contributed by atoms with Crippen LogP contribution in [0.1, 0.15) is 10.6 Å². The number of ether oxygens (including phenoxy) is 2. The molecule has 0 aliphatic carbocycles. The Hall–Kier alpha value is -3.32. The molecule has 1 aliphatic rings. The number of amides is 1. The summed E-state index contributed by atoms with van der Waals surface area (Å²) >= 11 is 0. The van der Waals surface area contributed by atoms with Crippen LogP contribution in [-0.2, 0) is 4.74 Å². The fourth-order valence-electron chi connectivity index (χ4n) is 3.14. The Kier molecular flexibility index (Phi) is 4.99. The molecule has 144 valence electrons. The first-order chi connectivity index (χ1) is 13.6. The third-order valence-corrected chi connectivity index (χ3v) is 4.66. The summed E-state index contributed by atoms with van der Waals surface area (Å²) in [5, 5.41) is 3.16. The van der Waals surface area contributed by atoms with E-state index in [0.29, 0.717) is 35.6 Å². The number of hydrogen-bond acceptors (Lipinski definition) is 6. The van der Waals surface area contributed by atoms with Crippen molar-refractivity contribution < 1.29 is 18.7 Å². The largest absolute Gasteiger partial charge is 0.497 e. The minimum atomic E-state index is -0.485. The van der Waals surface area contributed by atoms with Crippen molar-refractivity contribution in [3.8, 4) is 5.75 Å². The number of rotatable bonds is 4. The number of benzene rings is 2. The molecule has 7 nitrogen and oxygen atoms in total. The highest BCUT2D eigenvalue weighted by atomic mass is 16.5. The lowest BCUT2D eigenvalue weighted by atomic mass is 10.2. The van der Waals surface area contributed by atoms with Gasteiger partial charge in [0.05, 0.1) is 25.7 Å². The number of methoxy groups -OCH3 is 1. The number of morpholine rings is 1. The van der Waals surface area contributed by atoms with Crippen LogP contribution in [0, 0.1) is 0 Å². The quantitative estimate of drug-likeness (QED) is 0.750. The molecule has 1 N–H and O–H groups in total. The summed E-state index contributed by atoms with van der Waals surface area (Å²) in [6.45, 7) is 3.11. The molecule has 1 aromatic heterocycles. The summed E-state index contributed by atoms with van der Waals surface area (Å²) in [7, 11) is 1.52. The molecule has 1 amide bonds. The second kappa shape index (κ2) is 7.74. The van der Waals surface area contributed by atoms with Crippen LogP contribution in [0.25, 0.3) is 11.0 Å². The molecule has 3 aromatic rings. The predicted molar refractivity (Wildman–Crippen MR) is 106 cm³/mol. The maximum atomic E-state index is 12.5. The lowest BCUT2D eigenvalue weighted by Crippen LogP contribution is -2.36. The van der Waals surface area contributed by atoms with Gasteiger partial charge in [-0.2, -0.15) is 0 Å². The Bertz CT molecular complexity index is 1050. The van der Waals surface area contributed by atoms with Crippen molar-refractivity contribution in [1.82, 2.24) is 0 Å². The number of hydrogen-bond donors (Lipinski definition) is 1. The maximum Gasteiger partial charge on any atom is 0.291 e. The lowest BCUT2D eigenvalue weighted by Gasteiger charge is -2.28. The molecule has 1 saturated heterocycles. The molecule has 0 atom stereocenters. The number of fused-ring (bicyclic) bond motifs is 1. The number of nitrogens with zero attached hydrogens (tertiary/aromatic N) is 1. The summed E-state index contributed by atoms with van der Waals surface area (Å²) in [6, 6.07) is 13.6. The van der Waals surface area contributed by atoms with E-state index in [0.717, 1.165) is 18.8 Å². The van der Waals surface area contributed by atoms with Gasteiger partial charge in [-0.1, -0.05) is 0 Å². The van der Waals surface area contributed by atoms with Crippen LogP contribution in [0.4, 0.5) is 11.4 Å². The Labute approximate surface area is 161 Å². The molecule has 2 heterocycles. The topological polar surface area (TPSA) is 81.0 Å². The predicted octanol–water partition coefficient (Wildman–Crippen LogP) is 2.89. The molecule has 2 aromatic carbocycles. The minimum absolute atomic E-state index is 0.0528. The van der Waals surface area contributed by atoms with Gasteiger partial charge < -0.3 is 24.1 Å². The first kappa shape index (κ1) is 18.1. The summed E-state index contributed by atoms with van der Waals surface area (Å²) in [6.07, 6.45) is 0. The summed E-state index contributed by atoms with van der Waals surface area (Å²) in [5.41, 5.74) is 1.72. The smallest absolute Gasteiger partial charge is 0.291 e. The van der Waals surface area contributed by atoms with Crippen molar-refractivity contribution in [2.24, 2.45) is 0 Å². The third-order valence-electron chi connectivity index (χ3n) is 4.66. The molecule has 0 unspecified atom stereocenters. The fraction of sp³-hybridized carbons (Fsp3) is 0.238. The highest BCUT2D eigenvalue weighted by Gasteiger charge is 2.14. The van der Waals surface area contributed by atoms with E-state index in [-0.39, 0.29) is 11.2 Å². The zero-order valence-electron chi connectivity index (χ0n) is 15.4. The van der Waals surface area contributed by atoms with Gasteiger partial charge in [-0.25, -0.2) is 0 Å². The van der Waals surface area contributed by atoms with Gasteiger partial charge in [0.15, 0.2) is 11.2 Å². The molecule has 0 radical (unpaired) electrons. The van der Waals surface area contributed by atoms with Gasteiger partial charge in [0, 0.05) is 36.6 Å². The second-order valence-corrected chi connectivity index (χ2v) is 6.44. The van der Waals surface area contributed by atoms with Crippen LogP contribution in [0.5, 0.6) is 5.75 Å². The van der Waals surface area contributed by atoms with E-state index in [4.69, 9.17) is 13.9 Å². The average Bonchev–Trinajstić information content (AvgIpc) is 2.74. The van der Waals surface area contributed by atoms with E-state index in [1.807, 2.05) is 24.3 Å². The summed E-state index contributed by atoms with van der Waals surface area (Å²) < 4.78 is 16.1. The van der Waals surface area contributed by atoms with Crippen molar-refractivity contribution in [2.75, 3.05) is 43.6 Å². The highest BCUT2D eigenvalue weighted by molar-refractivity contribution is 6.03. The second-order valence-electron chi connectivity index (χ2n) is 6.44. The van der Waals surface area contributed by atoms with Gasteiger partial charge in [0.1, 0.15) is 11.3 Å². The van der Waals surface area contributed by atoms with Crippen LogP contribution >= 0.6 is 0 Å². The van der Waals surface area contributed by atoms with Gasteiger partial charge in [-0.3, -0.25) is 9.59 Å². The molecule has 1 fully saturated rings. The van der Waals surface area contributed by atoms with Crippen molar-refractivity contribution in [1.29, 1.82) is 0 Å². The number of nitrogens with one attached hydrogen (secondary N) is 1. The SMILES string of the molecule is COc1ccc2c(=O)cc(C(=O)Nc3ccc(N4CCOCC4)cc3)oc2c1. The van der Waals surface area contributed by atoms with Gasteiger partial charge in [0.25, 0.3) is 5.91 Å². The lowest BCUT2D eigenvalue weighted by molar-refractivity contribution is 0.0997. The van der Waals surface area contributed by atoms with Crippen molar-refractivity contribution in [2.45, 2.75) is 0 Å². The number of anilines is 2. The Balaban J connectivity index is 1.53. The normalized spacial score (nSPS) is 14.1. The number of carbonyl (C=O) groups is 1. The first-order valence-corrected chi connectivity index (χ1v) is 9.00. The molecule has 0 bridgehead atoms. The van der Waals surface area contributed by atoms with E-state index in [1.165, 1.54) is 13.2 Å². The molecular weight excluding hydrogens is 360 g/mol. The minimum Gasteiger partial charge on any atom is -0.497 e. The Morgan fingerprint density at radius 3 is 2.54 bits per heavy atom. The Morgan fingerprint density at radius 2 is 1.82 bits per heavy atom. The molecule has 4 rings (SSSR count). The van der Waals surface area contributed by atoms with Crippen LogP contribution in [0.3, 0.4) is 0 Å². The fourth-order valence-corrected chi connectivity index (χ4v) is 3.14. The first-order valence-electron chi connectivity index (χ1n) is 9.00. The van der Waals surface area contributed by atoms with Gasteiger partial charge in [-0.05, 0) is 36.4 Å². The van der Waals surface area contributed by atoms with Gasteiger partial charge in [-0.15, -0.1) is 0 Å². The molecule has 7 heteroatoms. The Morgan fingerprint density at radius 1 is 1.07 bits per heavy atom. The third kappa shape index (κ3) is 3.70. The monoisotopic (exact) mass is 380 g/mol. The molecule has 1 aliphatic heterocycles. The summed E-state index contributed by atoms with van der Waals surface area (Å²) in [5.74, 6) is 0.0101. The summed E-state index contributed by atoms with van der Waals surface area (Å²) in [4.78, 5) is 27.1. The van der Waals surface area contributed by atoms with Crippen LogP contribution in [0.2, 0.25) is 0 Å². The standard InChI is InChI=1S/C21H20N2O5/c1-26-16-6-7-17-18(24)13-20(28-19(17)12-16)21(25)22-14-2-4-15(5-3-14)23-8-10-27-11-9-23/h2-7,12-13H,8-11H2,1H3,(H,22,25). The van der Waals surface area contributed by atoms with E-state index in [1.54, 1.807) is 18.2 Å². The van der Waals surface area contributed by atoms with Gasteiger partial charge >= 0.3 is 0 Å². The molecule has 0 saturated carbocycles. The zero-order valence-corrected chi connectivity index (χ0v) is 15.4. The number of carbonyl (C=O) groups excluding carboxylic acids is 1. The van der Waals surface area contributed by atoms with Crippen LogP contribution < -0.4 is 20.4 Å². The van der Waals surface area contributed by atoms with Crippen molar-refractivity contribution in [3.63, 3.8) is 0 Å². The van der Waals surface area contributed by atoms with Crippen LogP contribution in [-0.4, -0.2) is 39.3 Å². The maximum absolute atomic E-state index is 12.5. The van der Waals surface area contributed by atoms with Crippen LogP contribution in [0.15, 0.2) is 57.7 Å². The zero-order chi connectivity index (χ0) is 19.5. The highest BCUT2D eigenvalue weighted by Crippen LogP contribution is 2.21. The van der Waals surface area contributed by atoms with Gasteiger partial charge in [0.2, 0.25) is 0 Å². The van der Waals surface area contributed by atoms with E-state index in [2.05, 4.69) is 10.2 Å². The van der Waals surface area contributed by atoms with E-state index >= 15 is 0 Å². The van der Waals surface area contributed by atoms with Crippen molar-refractivity contribution in [3.05, 3.63) is 64.5 Å². The average molecular weight is 380 g/mol. The van der Waals surface area contributed by atoms with E-state index < -0.39 is 5.91 Å². The molecule has 28 heavy (non-hydrogen) atoms. The van der Waals surface area contributed by atoms with E-state index in [9.17, 15) is 9.59 Å².